The summed E-state index contributed by atoms with van der Waals surface area (Å²) in [5.41, 5.74) is 1.32. The standard InChI is InChI=1S/C16H15NO2S/c18-15(13-7-3-1-4-8-13)17-11-12-20-16(19)14-9-5-2-6-10-14/h1-10H,11-12H2,(H,17,18). The first-order chi connectivity index (χ1) is 9.77. The zero-order valence-corrected chi connectivity index (χ0v) is 11.7. The molecule has 0 unspecified atom stereocenters. The summed E-state index contributed by atoms with van der Waals surface area (Å²) in [6.07, 6.45) is 0. The molecule has 0 atom stereocenters. The van der Waals surface area contributed by atoms with E-state index in [1.165, 1.54) is 11.8 Å². The summed E-state index contributed by atoms with van der Waals surface area (Å²) in [6, 6.07) is 18.2. The summed E-state index contributed by atoms with van der Waals surface area (Å²) in [6.45, 7) is 0.469. The maximum absolute atomic E-state index is 11.8. The summed E-state index contributed by atoms with van der Waals surface area (Å²) in [5.74, 6) is 0.449. The second kappa shape index (κ2) is 7.50. The molecule has 0 spiro atoms. The largest absolute Gasteiger partial charge is 0.351 e. The highest BCUT2D eigenvalue weighted by molar-refractivity contribution is 8.14. The highest BCUT2D eigenvalue weighted by Gasteiger charge is 2.07. The van der Waals surface area contributed by atoms with E-state index in [0.29, 0.717) is 23.4 Å². The summed E-state index contributed by atoms with van der Waals surface area (Å²) < 4.78 is 0. The molecule has 2 aromatic carbocycles. The van der Waals surface area contributed by atoms with E-state index in [0.717, 1.165) is 0 Å². The first kappa shape index (κ1) is 14.3. The maximum atomic E-state index is 11.8. The number of hydrogen-bond acceptors (Lipinski definition) is 3. The molecule has 3 nitrogen and oxygen atoms in total. The van der Waals surface area contributed by atoms with Crippen molar-refractivity contribution in [2.75, 3.05) is 12.3 Å². The van der Waals surface area contributed by atoms with E-state index in [4.69, 9.17) is 0 Å². The summed E-state index contributed by atoms with van der Waals surface area (Å²) in [4.78, 5) is 23.6. The molecule has 1 N–H and O–H groups in total. The van der Waals surface area contributed by atoms with E-state index in [1.807, 2.05) is 36.4 Å². The van der Waals surface area contributed by atoms with Gasteiger partial charge in [0.05, 0.1) is 0 Å². The van der Waals surface area contributed by atoms with Crippen LogP contribution in [-0.4, -0.2) is 23.3 Å². The quantitative estimate of drug-likeness (QED) is 0.859. The van der Waals surface area contributed by atoms with Gasteiger partial charge in [-0.3, -0.25) is 9.59 Å². The fraction of sp³-hybridized carbons (Fsp3) is 0.125. The van der Waals surface area contributed by atoms with Gasteiger partial charge in [-0.15, -0.1) is 0 Å². The van der Waals surface area contributed by atoms with Crippen LogP contribution in [0.4, 0.5) is 0 Å². The number of amides is 1. The third-order valence-electron chi connectivity index (χ3n) is 2.67. The van der Waals surface area contributed by atoms with Crippen molar-refractivity contribution in [1.82, 2.24) is 5.32 Å². The van der Waals surface area contributed by atoms with Crippen LogP contribution in [0.15, 0.2) is 60.7 Å². The molecule has 0 bridgehead atoms. The lowest BCUT2D eigenvalue weighted by molar-refractivity contribution is 0.0955. The molecule has 2 aromatic rings. The van der Waals surface area contributed by atoms with Crippen molar-refractivity contribution >= 4 is 22.8 Å². The van der Waals surface area contributed by atoms with Crippen molar-refractivity contribution < 1.29 is 9.59 Å². The Morgan fingerprint density at radius 1 is 0.850 bits per heavy atom. The zero-order chi connectivity index (χ0) is 14.2. The van der Waals surface area contributed by atoms with E-state index >= 15 is 0 Å². The van der Waals surface area contributed by atoms with Crippen molar-refractivity contribution in [2.45, 2.75) is 0 Å². The van der Waals surface area contributed by atoms with E-state index < -0.39 is 0 Å². The Balaban J connectivity index is 1.72. The summed E-state index contributed by atoms with van der Waals surface area (Å²) in [7, 11) is 0. The van der Waals surface area contributed by atoms with E-state index in [9.17, 15) is 9.59 Å². The number of thioether (sulfide) groups is 1. The average molecular weight is 285 g/mol. The Morgan fingerprint density at radius 3 is 2.00 bits per heavy atom. The van der Waals surface area contributed by atoms with Crippen molar-refractivity contribution in [3.8, 4) is 0 Å². The molecule has 0 aliphatic heterocycles. The van der Waals surface area contributed by atoms with Gasteiger partial charge in [0.1, 0.15) is 0 Å². The van der Waals surface area contributed by atoms with Gasteiger partial charge in [0, 0.05) is 23.4 Å². The number of nitrogens with one attached hydrogen (secondary N) is 1. The van der Waals surface area contributed by atoms with Crippen LogP contribution in [-0.2, 0) is 0 Å². The van der Waals surface area contributed by atoms with Crippen LogP contribution in [0.5, 0.6) is 0 Å². The minimum atomic E-state index is -0.113. The Bertz CT molecular complexity index is 516. The lowest BCUT2D eigenvalue weighted by Gasteiger charge is -2.04. The maximum Gasteiger partial charge on any atom is 0.251 e. The molecule has 2 rings (SSSR count). The molecule has 4 heteroatoms. The second-order valence-corrected chi connectivity index (χ2v) is 5.19. The molecule has 0 heterocycles. The first-order valence-electron chi connectivity index (χ1n) is 6.33. The molecule has 20 heavy (non-hydrogen) atoms. The van der Waals surface area contributed by atoms with E-state index in [-0.39, 0.29) is 11.0 Å². The molecule has 1 amide bonds. The van der Waals surface area contributed by atoms with Crippen molar-refractivity contribution in [2.24, 2.45) is 0 Å². The summed E-state index contributed by atoms with van der Waals surface area (Å²) in [5, 5.41) is 2.82. The molecule has 0 saturated heterocycles. The predicted octanol–water partition coefficient (Wildman–Crippen LogP) is 2.99. The number of benzene rings is 2. The third-order valence-corrected chi connectivity index (χ3v) is 3.57. The zero-order valence-electron chi connectivity index (χ0n) is 10.9. The fourth-order valence-corrected chi connectivity index (χ4v) is 2.35. The fourth-order valence-electron chi connectivity index (χ4n) is 1.66. The smallest absolute Gasteiger partial charge is 0.251 e. The molecule has 0 aromatic heterocycles. The number of carbonyl (C=O) groups is 2. The molecular formula is C16H15NO2S. The number of hydrogen-bond donors (Lipinski definition) is 1. The summed E-state index contributed by atoms with van der Waals surface area (Å²) >= 11 is 1.21. The minimum absolute atomic E-state index is 0.0274. The Kier molecular flexibility index (Phi) is 5.38. The van der Waals surface area contributed by atoms with Crippen LogP contribution in [0.1, 0.15) is 20.7 Å². The minimum Gasteiger partial charge on any atom is -0.351 e. The molecule has 102 valence electrons. The van der Waals surface area contributed by atoms with Crippen LogP contribution in [0.3, 0.4) is 0 Å². The van der Waals surface area contributed by atoms with Gasteiger partial charge in [-0.25, -0.2) is 0 Å². The second-order valence-electron chi connectivity index (χ2n) is 4.12. The molecule has 0 saturated carbocycles. The highest BCUT2D eigenvalue weighted by Crippen LogP contribution is 2.11. The van der Waals surface area contributed by atoms with Gasteiger partial charge in [-0.2, -0.15) is 0 Å². The van der Waals surface area contributed by atoms with Gasteiger partial charge in [0.2, 0.25) is 5.12 Å². The molecule has 0 aliphatic rings. The predicted molar refractivity (Wildman–Crippen MR) is 82.0 cm³/mol. The van der Waals surface area contributed by atoms with Gasteiger partial charge in [-0.1, -0.05) is 60.3 Å². The average Bonchev–Trinajstić information content (AvgIpc) is 2.53. The molecular weight excluding hydrogens is 270 g/mol. The number of rotatable bonds is 5. The molecule has 0 aliphatic carbocycles. The first-order valence-corrected chi connectivity index (χ1v) is 7.31. The van der Waals surface area contributed by atoms with Crippen LogP contribution in [0.2, 0.25) is 0 Å². The van der Waals surface area contributed by atoms with Crippen molar-refractivity contribution in [1.29, 1.82) is 0 Å². The lowest BCUT2D eigenvalue weighted by atomic mass is 10.2. The SMILES string of the molecule is O=C(NCCSC(=O)c1ccccc1)c1ccccc1. The molecule has 0 radical (unpaired) electrons. The van der Waals surface area contributed by atoms with Crippen LogP contribution in [0.25, 0.3) is 0 Å². The monoisotopic (exact) mass is 285 g/mol. The van der Waals surface area contributed by atoms with Gasteiger partial charge < -0.3 is 5.32 Å². The van der Waals surface area contributed by atoms with Crippen molar-refractivity contribution in [3.05, 3.63) is 71.8 Å². The van der Waals surface area contributed by atoms with Crippen LogP contribution in [0, 0.1) is 0 Å². The normalized spacial score (nSPS) is 10.0. The Labute approximate surface area is 122 Å². The van der Waals surface area contributed by atoms with Gasteiger partial charge in [0.25, 0.3) is 5.91 Å². The Morgan fingerprint density at radius 2 is 1.40 bits per heavy atom. The van der Waals surface area contributed by atoms with E-state index in [1.54, 1.807) is 24.3 Å². The van der Waals surface area contributed by atoms with Gasteiger partial charge in [0.15, 0.2) is 0 Å². The third kappa shape index (κ3) is 4.24. The van der Waals surface area contributed by atoms with Gasteiger partial charge >= 0.3 is 0 Å². The topological polar surface area (TPSA) is 46.2 Å². The van der Waals surface area contributed by atoms with Gasteiger partial charge in [-0.05, 0) is 12.1 Å². The highest BCUT2D eigenvalue weighted by atomic mass is 32.2. The lowest BCUT2D eigenvalue weighted by Crippen LogP contribution is -2.25. The van der Waals surface area contributed by atoms with E-state index in [2.05, 4.69) is 5.32 Å². The van der Waals surface area contributed by atoms with Crippen LogP contribution < -0.4 is 5.32 Å². The van der Waals surface area contributed by atoms with Crippen molar-refractivity contribution in [3.63, 3.8) is 0 Å². The molecule has 0 fully saturated rings. The van der Waals surface area contributed by atoms with Crippen LogP contribution >= 0.6 is 11.8 Å². The Hall–Kier alpha value is -2.07. The number of carbonyl (C=O) groups excluding carboxylic acids is 2.